The van der Waals surface area contributed by atoms with Crippen molar-refractivity contribution in [2.75, 3.05) is 7.05 Å². The standard InChI is InChI=1S/C15H14N4O2S/c1-10-17-14(9-22-10)15(20)19(2)8-12-7-13(18-21-12)11-3-5-16-6-4-11/h3-7,9H,8H2,1-2H3. The summed E-state index contributed by atoms with van der Waals surface area (Å²) in [4.78, 5) is 22.0. The Morgan fingerprint density at radius 2 is 2.14 bits per heavy atom. The Labute approximate surface area is 131 Å². The molecule has 0 atom stereocenters. The average molecular weight is 314 g/mol. The summed E-state index contributed by atoms with van der Waals surface area (Å²) in [6.07, 6.45) is 3.40. The lowest BCUT2D eigenvalue weighted by Gasteiger charge is -2.13. The van der Waals surface area contributed by atoms with Crippen LogP contribution in [0.4, 0.5) is 0 Å². The van der Waals surface area contributed by atoms with Crippen molar-refractivity contribution in [2.45, 2.75) is 13.5 Å². The number of rotatable bonds is 4. The topological polar surface area (TPSA) is 72.1 Å². The second-order valence-electron chi connectivity index (χ2n) is 4.83. The first-order valence-electron chi connectivity index (χ1n) is 6.67. The SMILES string of the molecule is Cc1nc(C(=O)N(C)Cc2cc(-c3ccncc3)no2)cs1. The number of pyridine rings is 1. The van der Waals surface area contributed by atoms with Gasteiger partial charge in [-0.15, -0.1) is 11.3 Å². The summed E-state index contributed by atoms with van der Waals surface area (Å²) >= 11 is 1.46. The molecule has 0 radical (unpaired) electrons. The average Bonchev–Trinajstić information content (AvgIpc) is 3.16. The van der Waals surface area contributed by atoms with E-state index in [1.165, 1.54) is 11.3 Å². The quantitative estimate of drug-likeness (QED) is 0.740. The zero-order chi connectivity index (χ0) is 15.5. The normalized spacial score (nSPS) is 10.6. The van der Waals surface area contributed by atoms with Gasteiger partial charge in [-0.1, -0.05) is 5.16 Å². The first kappa shape index (κ1) is 14.4. The van der Waals surface area contributed by atoms with Crippen molar-refractivity contribution in [3.63, 3.8) is 0 Å². The van der Waals surface area contributed by atoms with E-state index in [-0.39, 0.29) is 5.91 Å². The first-order valence-corrected chi connectivity index (χ1v) is 7.55. The predicted octanol–water partition coefficient (Wildman–Crippen LogP) is 2.77. The molecule has 3 heterocycles. The minimum absolute atomic E-state index is 0.133. The van der Waals surface area contributed by atoms with E-state index in [9.17, 15) is 4.79 Å². The van der Waals surface area contributed by atoms with Crippen LogP contribution in [0.25, 0.3) is 11.3 Å². The molecule has 112 valence electrons. The Morgan fingerprint density at radius 3 is 2.82 bits per heavy atom. The Kier molecular flexibility index (Phi) is 3.97. The first-order chi connectivity index (χ1) is 10.6. The highest BCUT2D eigenvalue weighted by atomic mass is 32.1. The van der Waals surface area contributed by atoms with Crippen LogP contribution < -0.4 is 0 Å². The van der Waals surface area contributed by atoms with Gasteiger partial charge in [0.1, 0.15) is 11.4 Å². The molecule has 0 aliphatic rings. The summed E-state index contributed by atoms with van der Waals surface area (Å²) in [5.41, 5.74) is 2.11. The lowest BCUT2D eigenvalue weighted by molar-refractivity contribution is 0.0767. The minimum Gasteiger partial charge on any atom is -0.359 e. The third-order valence-electron chi connectivity index (χ3n) is 3.11. The maximum Gasteiger partial charge on any atom is 0.273 e. The molecule has 7 heteroatoms. The summed E-state index contributed by atoms with van der Waals surface area (Å²) in [6, 6.07) is 5.54. The third kappa shape index (κ3) is 3.04. The molecule has 0 aromatic carbocycles. The molecule has 6 nitrogen and oxygen atoms in total. The molecular formula is C15H14N4O2S. The van der Waals surface area contributed by atoms with Crippen molar-refractivity contribution in [1.29, 1.82) is 0 Å². The van der Waals surface area contributed by atoms with Crippen LogP contribution in [0, 0.1) is 6.92 Å². The van der Waals surface area contributed by atoms with Crippen LogP contribution in [0.3, 0.4) is 0 Å². The Hall–Kier alpha value is -2.54. The molecule has 3 rings (SSSR count). The lowest BCUT2D eigenvalue weighted by Crippen LogP contribution is -2.26. The molecule has 3 aromatic rings. The van der Waals surface area contributed by atoms with Crippen LogP contribution >= 0.6 is 11.3 Å². The number of aromatic nitrogens is 3. The number of carbonyl (C=O) groups is 1. The highest BCUT2D eigenvalue weighted by Crippen LogP contribution is 2.19. The van der Waals surface area contributed by atoms with E-state index < -0.39 is 0 Å². The molecular weight excluding hydrogens is 300 g/mol. The second-order valence-corrected chi connectivity index (χ2v) is 5.89. The van der Waals surface area contributed by atoms with E-state index in [1.54, 1.807) is 29.7 Å². The van der Waals surface area contributed by atoms with Crippen LogP contribution in [0.15, 0.2) is 40.5 Å². The van der Waals surface area contributed by atoms with E-state index in [0.717, 1.165) is 16.3 Å². The van der Waals surface area contributed by atoms with Gasteiger partial charge in [-0.3, -0.25) is 9.78 Å². The van der Waals surface area contributed by atoms with Crippen LogP contribution in [0.5, 0.6) is 0 Å². The summed E-state index contributed by atoms with van der Waals surface area (Å²) in [6.45, 7) is 2.21. The number of aryl methyl sites for hydroxylation is 1. The van der Waals surface area contributed by atoms with E-state index >= 15 is 0 Å². The van der Waals surface area contributed by atoms with Crippen LogP contribution in [0.1, 0.15) is 21.3 Å². The van der Waals surface area contributed by atoms with Crippen molar-refractivity contribution >= 4 is 17.2 Å². The maximum atomic E-state index is 12.2. The number of nitrogens with zero attached hydrogens (tertiary/aromatic N) is 4. The van der Waals surface area contributed by atoms with Crippen molar-refractivity contribution in [1.82, 2.24) is 20.0 Å². The molecule has 0 saturated heterocycles. The van der Waals surface area contributed by atoms with Gasteiger partial charge in [0, 0.05) is 36.5 Å². The van der Waals surface area contributed by atoms with E-state index in [1.807, 2.05) is 25.1 Å². The van der Waals surface area contributed by atoms with Gasteiger partial charge < -0.3 is 9.42 Å². The van der Waals surface area contributed by atoms with Crippen molar-refractivity contribution in [3.8, 4) is 11.3 Å². The lowest BCUT2D eigenvalue weighted by atomic mass is 10.2. The molecule has 0 bridgehead atoms. The Balaban J connectivity index is 1.71. The van der Waals surface area contributed by atoms with Crippen LogP contribution in [-0.4, -0.2) is 33.0 Å². The molecule has 1 amide bonds. The molecule has 0 spiro atoms. The van der Waals surface area contributed by atoms with Gasteiger partial charge in [0.05, 0.1) is 11.6 Å². The van der Waals surface area contributed by atoms with Crippen LogP contribution in [-0.2, 0) is 6.54 Å². The minimum atomic E-state index is -0.133. The molecule has 0 aliphatic carbocycles. The number of hydrogen-bond acceptors (Lipinski definition) is 6. The molecule has 0 N–H and O–H groups in total. The molecule has 0 fully saturated rings. The largest absolute Gasteiger partial charge is 0.359 e. The Bertz CT molecular complexity index is 782. The molecule has 22 heavy (non-hydrogen) atoms. The summed E-state index contributed by atoms with van der Waals surface area (Å²) in [5.74, 6) is 0.487. The van der Waals surface area contributed by atoms with Gasteiger partial charge in [-0.05, 0) is 19.1 Å². The number of amides is 1. The molecule has 0 saturated carbocycles. The smallest absolute Gasteiger partial charge is 0.273 e. The number of hydrogen-bond donors (Lipinski definition) is 0. The van der Waals surface area contributed by atoms with Gasteiger partial charge in [0.2, 0.25) is 0 Å². The van der Waals surface area contributed by atoms with Crippen LogP contribution in [0.2, 0.25) is 0 Å². The summed E-state index contributed by atoms with van der Waals surface area (Å²) < 4.78 is 5.30. The highest BCUT2D eigenvalue weighted by Gasteiger charge is 2.17. The fraction of sp³-hybridized carbons (Fsp3) is 0.200. The summed E-state index contributed by atoms with van der Waals surface area (Å²) in [5, 5.41) is 6.65. The summed E-state index contributed by atoms with van der Waals surface area (Å²) in [7, 11) is 1.71. The van der Waals surface area contributed by atoms with Crippen molar-refractivity contribution < 1.29 is 9.32 Å². The maximum absolute atomic E-state index is 12.2. The van der Waals surface area contributed by atoms with Gasteiger partial charge in [-0.25, -0.2) is 4.98 Å². The molecule has 0 unspecified atom stereocenters. The molecule has 0 aliphatic heterocycles. The predicted molar refractivity (Wildman–Crippen MR) is 82.4 cm³/mol. The van der Waals surface area contributed by atoms with E-state index in [0.29, 0.717) is 18.0 Å². The molecule has 3 aromatic heterocycles. The van der Waals surface area contributed by atoms with E-state index in [2.05, 4.69) is 15.1 Å². The number of thiazole rings is 1. The third-order valence-corrected chi connectivity index (χ3v) is 3.89. The van der Waals surface area contributed by atoms with Gasteiger partial charge in [-0.2, -0.15) is 0 Å². The zero-order valence-corrected chi connectivity index (χ0v) is 13.0. The van der Waals surface area contributed by atoms with Gasteiger partial charge in [0.25, 0.3) is 5.91 Å². The highest BCUT2D eigenvalue weighted by molar-refractivity contribution is 7.09. The van der Waals surface area contributed by atoms with Crippen molar-refractivity contribution in [3.05, 3.63) is 52.4 Å². The fourth-order valence-corrected chi connectivity index (χ4v) is 2.60. The second kappa shape index (κ2) is 6.07. The Morgan fingerprint density at radius 1 is 1.36 bits per heavy atom. The monoisotopic (exact) mass is 314 g/mol. The number of carbonyl (C=O) groups excluding carboxylic acids is 1. The fourth-order valence-electron chi connectivity index (χ4n) is 2.01. The van der Waals surface area contributed by atoms with Crippen molar-refractivity contribution in [2.24, 2.45) is 0 Å². The van der Waals surface area contributed by atoms with E-state index in [4.69, 9.17) is 4.52 Å². The van der Waals surface area contributed by atoms with Gasteiger partial charge >= 0.3 is 0 Å². The zero-order valence-electron chi connectivity index (χ0n) is 12.2. The van der Waals surface area contributed by atoms with Gasteiger partial charge in [0.15, 0.2) is 5.76 Å².